The number of guanidine groups is 2. The van der Waals surface area contributed by atoms with E-state index >= 15 is 0 Å². The second-order valence-corrected chi connectivity index (χ2v) is 8.43. The van der Waals surface area contributed by atoms with Crippen LogP contribution in [0.15, 0.2) is 40.3 Å². The molecule has 15 nitrogen and oxygen atoms in total. The number of nitrogens with one attached hydrogen (secondary N) is 3. The number of amides is 3. The number of carbonyl (C=O) groups is 4. The van der Waals surface area contributed by atoms with Crippen molar-refractivity contribution < 1.29 is 24.3 Å². The summed E-state index contributed by atoms with van der Waals surface area (Å²) in [6.45, 7) is 0.0618. The molecule has 210 valence electrons. The van der Waals surface area contributed by atoms with Gasteiger partial charge in [0.1, 0.15) is 12.1 Å². The van der Waals surface area contributed by atoms with Crippen LogP contribution in [-0.2, 0) is 25.6 Å². The summed E-state index contributed by atoms with van der Waals surface area (Å²) in [6.07, 6.45) is 1.24. The van der Waals surface area contributed by atoms with Gasteiger partial charge in [-0.25, -0.2) is 4.79 Å². The first-order valence-electron chi connectivity index (χ1n) is 12.0. The summed E-state index contributed by atoms with van der Waals surface area (Å²) in [4.78, 5) is 57.0. The first-order chi connectivity index (χ1) is 18.0. The molecule has 14 N–H and O–H groups in total. The Balaban J connectivity index is 2.73. The van der Waals surface area contributed by atoms with E-state index in [2.05, 4.69) is 25.9 Å². The van der Waals surface area contributed by atoms with Gasteiger partial charge in [-0.15, -0.1) is 0 Å². The maximum absolute atomic E-state index is 12.9. The van der Waals surface area contributed by atoms with Crippen LogP contribution in [0, 0.1) is 0 Å². The Labute approximate surface area is 220 Å². The molecule has 0 aliphatic carbocycles. The van der Waals surface area contributed by atoms with E-state index in [1.165, 1.54) is 0 Å². The van der Waals surface area contributed by atoms with Crippen LogP contribution in [0.1, 0.15) is 31.2 Å². The number of hydrogen-bond acceptors (Lipinski definition) is 7. The molecule has 3 unspecified atom stereocenters. The Hall–Kier alpha value is -4.40. The molecule has 0 fully saturated rings. The number of rotatable bonds is 17. The highest BCUT2D eigenvalue weighted by molar-refractivity contribution is 5.92. The van der Waals surface area contributed by atoms with E-state index in [-0.39, 0.29) is 37.7 Å². The van der Waals surface area contributed by atoms with Gasteiger partial charge in [-0.05, 0) is 31.2 Å². The summed E-state index contributed by atoms with van der Waals surface area (Å²) >= 11 is 0. The van der Waals surface area contributed by atoms with E-state index in [1.807, 2.05) is 0 Å². The molecule has 0 bridgehead atoms. The molecule has 0 aliphatic rings. The molecule has 0 spiro atoms. The summed E-state index contributed by atoms with van der Waals surface area (Å²) < 4.78 is 0. The largest absolute Gasteiger partial charge is 0.480 e. The molecular formula is C23H38N10O5. The fourth-order valence-corrected chi connectivity index (χ4v) is 3.29. The molecule has 0 saturated carbocycles. The number of benzene rings is 1. The summed E-state index contributed by atoms with van der Waals surface area (Å²) in [5, 5.41) is 17.0. The van der Waals surface area contributed by atoms with Gasteiger partial charge in [-0.2, -0.15) is 0 Å². The van der Waals surface area contributed by atoms with Gasteiger partial charge in [0.05, 0.1) is 12.6 Å². The van der Waals surface area contributed by atoms with Gasteiger partial charge < -0.3 is 49.7 Å². The lowest BCUT2D eigenvalue weighted by molar-refractivity contribution is -0.142. The van der Waals surface area contributed by atoms with E-state index in [9.17, 15) is 24.3 Å². The van der Waals surface area contributed by atoms with Crippen LogP contribution in [-0.4, -0.2) is 78.5 Å². The maximum Gasteiger partial charge on any atom is 0.326 e. The molecular weight excluding hydrogens is 496 g/mol. The Kier molecular flexibility index (Phi) is 14.3. The molecule has 3 amide bonds. The van der Waals surface area contributed by atoms with Crippen LogP contribution in [0.2, 0.25) is 0 Å². The Morgan fingerprint density at radius 1 is 0.816 bits per heavy atom. The van der Waals surface area contributed by atoms with Crippen molar-refractivity contribution in [3.63, 3.8) is 0 Å². The van der Waals surface area contributed by atoms with Crippen LogP contribution < -0.4 is 44.6 Å². The van der Waals surface area contributed by atoms with Gasteiger partial charge in [-0.1, -0.05) is 30.3 Å². The Morgan fingerprint density at radius 3 is 1.95 bits per heavy atom. The second-order valence-electron chi connectivity index (χ2n) is 8.43. The zero-order valence-electron chi connectivity index (χ0n) is 21.1. The van der Waals surface area contributed by atoms with Crippen molar-refractivity contribution in [2.75, 3.05) is 19.6 Å². The van der Waals surface area contributed by atoms with Crippen LogP contribution in [0.3, 0.4) is 0 Å². The van der Waals surface area contributed by atoms with Crippen LogP contribution >= 0.6 is 0 Å². The second kappa shape index (κ2) is 17.1. The number of nitrogens with two attached hydrogens (primary N) is 5. The van der Waals surface area contributed by atoms with Crippen molar-refractivity contribution in [3.8, 4) is 0 Å². The Morgan fingerprint density at radius 2 is 1.39 bits per heavy atom. The maximum atomic E-state index is 12.9. The average Bonchev–Trinajstić information content (AvgIpc) is 2.86. The molecule has 0 aliphatic heterocycles. The smallest absolute Gasteiger partial charge is 0.326 e. The van der Waals surface area contributed by atoms with Crippen molar-refractivity contribution >= 4 is 35.6 Å². The Bertz CT molecular complexity index is 978. The highest BCUT2D eigenvalue weighted by Gasteiger charge is 2.27. The van der Waals surface area contributed by atoms with Gasteiger partial charge in [-0.3, -0.25) is 24.4 Å². The highest BCUT2D eigenvalue weighted by atomic mass is 16.4. The number of carboxylic acids is 1. The normalized spacial score (nSPS) is 12.8. The third-order valence-electron chi connectivity index (χ3n) is 5.22. The number of carboxylic acid groups (broad SMARTS) is 1. The predicted octanol–water partition coefficient (Wildman–Crippen LogP) is -3.17. The molecule has 38 heavy (non-hydrogen) atoms. The van der Waals surface area contributed by atoms with Gasteiger partial charge in [0.15, 0.2) is 11.9 Å². The van der Waals surface area contributed by atoms with Crippen LogP contribution in [0.25, 0.3) is 0 Å². The summed E-state index contributed by atoms with van der Waals surface area (Å²) in [7, 11) is 0. The molecule has 1 aromatic carbocycles. The number of hydrogen-bond donors (Lipinski definition) is 9. The number of carbonyl (C=O) groups excluding carboxylic acids is 3. The fourth-order valence-electron chi connectivity index (χ4n) is 3.29. The molecule has 0 heterocycles. The van der Waals surface area contributed by atoms with E-state index in [0.717, 1.165) is 0 Å². The number of nitrogens with zero attached hydrogens (tertiary/aromatic N) is 2. The van der Waals surface area contributed by atoms with E-state index < -0.39 is 48.4 Å². The average molecular weight is 535 g/mol. The van der Waals surface area contributed by atoms with Gasteiger partial charge >= 0.3 is 5.97 Å². The first kappa shape index (κ1) is 31.6. The lowest BCUT2D eigenvalue weighted by Crippen LogP contribution is -2.54. The lowest BCUT2D eigenvalue weighted by atomic mass is 10.0. The zero-order chi connectivity index (χ0) is 28.5. The van der Waals surface area contributed by atoms with Gasteiger partial charge in [0, 0.05) is 19.5 Å². The fraction of sp³-hybridized carbons (Fsp3) is 0.478. The summed E-state index contributed by atoms with van der Waals surface area (Å²) in [5.74, 6) is -3.34. The molecule has 0 radical (unpaired) electrons. The minimum atomic E-state index is -1.23. The number of aliphatic carboxylic acids is 1. The minimum absolute atomic E-state index is 0.0493. The SMILES string of the molecule is NC(N)=NCCCC(N)C(=O)NCC(=O)NC(CCCN=C(N)N)C(=O)NC(Cc1ccccc1)C(=O)O. The van der Waals surface area contributed by atoms with Crippen molar-refractivity contribution in [1.29, 1.82) is 0 Å². The first-order valence-corrected chi connectivity index (χ1v) is 12.0. The molecule has 15 heteroatoms. The van der Waals surface area contributed by atoms with Gasteiger partial charge in [0.25, 0.3) is 0 Å². The monoisotopic (exact) mass is 534 g/mol. The number of aliphatic imine (C=N–C) groups is 2. The van der Waals surface area contributed by atoms with Crippen molar-refractivity contribution in [2.24, 2.45) is 38.7 Å². The van der Waals surface area contributed by atoms with Crippen molar-refractivity contribution in [2.45, 2.75) is 50.2 Å². The minimum Gasteiger partial charge on any atom is -0.480 e. The molecule has 1 aromatic rings. The molecule has 0 saturated heterocycles. The van der Waals surface area contributed by atoms with Crippen LogP contribution in [0.5, 0.6) is 0 Å². The molecule has 1 rings (SSSR count). The van der Waals surface area contributed by atoms with Crippen molar-refractivity contribution in [3.05, 3.63) is 35.9 Å². The summed E-state index contributed by atoms with van der Waals surface area (Å²) in [5.41, 5.74) is 27.6. The third kappa shape index (κ3) is 13.6. The zero-order valence-corrected chi connectivity index (χ0v) is 21.1. The topological polar surface area (TPSA) is 279 Å². The molecule has 0 aromatic heterocycles. The quantitative estimate of drug-likeness (QED) is 0.0549. The van der Waals surface area contributed by atoms with E-state index in [4.69, 9.17) is 28.7 Å². The molecule has 3 atom stereocenters. The standard InChI is InChI=1S/C23H38N10O5/c24-15(8-4-10-29-22(25)26)19(35)31-13-18(34)32-16(9-5-11-30-23(27)28)20(36)33-17(21(37)38)12-14-6-2-1-3-7-14/h1-3,6-7,15-17H,4-5,8-13,24H2,(H,31,35)(H,32,34)(H,33,36)(H,37,38)(H4,25,26,29)(H4,27,28,30). The van der Waals surface area contributed by atoms with Crippen LogP contribution in [0.4, 0.5) is 0 Å². The highest BCUT2D eigenvalue weighted by Crippen LogP contribution is 2.06. The predicted molar refractivity (Wildman–Crippen MR) is 142 cm³/mol. The van der Waals surface area contributed by atoms with Gasteiger partial charge in [0.2, 0.25) is 17.7 Å². The summed E-state index contributed by atoms with van der Waals surface area (Å²) in [6, 6.07) is 5.58. The van der Waals surface area contributed by atoms with E-state index in [0.29, 0.717) is 24.9 Å². The lowest BCUT2D eigenvalue weighted by Gasteiger charge is -2.22. The third-order valence-corrected chi connectivity index (χ3v) is 5.22. The van der Waals surface area contributed by atoms with Crippen molar-refractivity contribution in [1.82, 2.24) is 16.0 Å². The van der Waals surface area contributed by atoms with E-state index in [1.54, 1.807) is 30.3 Å².